The molecule has 186 valence electrons. The van der Waals surface area contributed by atoms with Gasteiger partial charge in [0.15, 0.2) is 8.32 Å². The van der Waals surface area contributed by atoms with Crippen LogP contribution in [0.2, 0.25) is 18.1 Å². The molecule has 0 N–H and O–H groups in total. The molecular formula is C23H41N5O4Si. The highest BCUT2D eigenvalue weighted by atomic mass is 28.4. The fourth-order valence-corrected chi connectivity index (χ4v) is 6.42. The van der Waals surface area contributed by atoms with Crippen LogP contribution in [-0.2, 0) is 15.7 Å². The molecule has 0 bridgehead atoms. The molecule has 1 saturated heterocycles. The van der Waals surface area contributed by atoms with Crippen molar-refractivity contribution in [2.45, 2.75) is 110 Å². The molecular weight excluding hydrogens is 438 g/mol. The molecule has 1 aliphatic heterocycles. The van der Waals surface area contributed by atoms with Crippen molar-refractivity contribution < 1.29 is 9.16 Å². The van der Waals surface area contributed by atoms with E-state index in [9.17, 15) is 9.59 Å². The van der Waals surface area contributed by atoms with Crippen LogP contribution < -0.4 is 11.2 Å². The molecule has 1 fully saturated rings. The first-order valence-electron chi connectivity index (χ1n) is 12.0. The van der Waals surface area contributed by atoms with Crippen molar-refractivity contribution in [2.75, 3.05) is 6.61 Å². The van der Waals surface area contributed by atoms with Gasteiger partial charge in [-0.15, -0.1) is 0 Å². The first kappa shape index (κ1) is 27.4. The predicted octanol–water partition coefficient (Wildman–Crippen LogP) is 5.13. The Morgan fingerprint density at radius 3 is 2.58 bits per heavy atom. The molecule has 33 heavy (non-hydrogen) atoms. The molecule has 2 heterocycles. The van der Waals surface area contributed by atoms with Crippen LogP contribution in [0.15, 0.2) is 20.9 Å². The minimum Gasteiger partial charge on any atom is -0.414 e. The van der Waals surface area contributed by atoms with Gasteiger partial charge in [0.2, 0.25) is 0 Å². The van der Waals surface area contributed by atoms with Gasteiger partial charge in [-0.05, 0) is 42.9 Å². The zero-order valence-electron chi connectivity index (χ0n) is 21.5. The Morgan fingerprint density at radius 2 is 2.00 bits per heavy atom. The minimum absolute atomic E-state index is 0.0427. The molecule has 0 radical (unpaired) electrons. The van der Waals surface area contributed by atoms with E-state index in [1.165, 1.54) is 9.13 Å². The molecule has 1 aromatic rings. The summed E-state index contributed by atoms with van der Waals surface area (Å²) in [6.07, 6.45) is 3.58. The molecule has 0 aromatic carbocycles. The van der Waals surface area contributed by atoms with E-state index in [-0.39, 0.29) is 16.3 Å². The van der Waals surface area contributed by atoms with Crippen molar-refractivity contribution in [3.05, 3.63) is 43.0 Å². The second kappa shape index (κ2) is 11.0. The maximum Gasteiger partial charge on any atom is 0.333 e. The predicted molar refractivity (Wildman–Crippen MR) is 133 cm³/mol. The van der Waals surface area contributed by atoms with E-state index in [1.807, 2.05) is 0 Å². The van der Waals surface area contributed by atoms with Crippen LogP contribution in [-0.4, -0.2) is 36.2 Å². The summed E-state index contributed by atoms with van der Waals surface area (Å²) in [5, 5.41) is 3.98. The van der Waals surface area contributed by atoms with Crippen LogP contribution in [0.1, 0.15) is 72.1 Å². The lowest BCUT2D eigenvalue weighted by Gasteiger charge is -2.43. The molecule has 3 atom stereocenters. The number of hydrogen-bond donors (Lipinski definition) is 0. The van der Waals surface area contributed by atoms with Gasteiger partial charge >= 0.3 is 5.69 Å². The third-order valence-corrected chi connectivity index (χ3v) is 12.2. The summed E-state index contributed by atoms with van der Waals surface area (Å²) < 4.78 is 15.4. The highest BCUT2D eigenvalue weighted by Crippen LogP contribution is 2.45. The third kappa shape index (κ3) is 5.98. The fourth-order valence-electron chi connectivity index (χ4n) is 4.08. The highest BCUT2D eigenvalue weighted by molar-refractivity contribution is 6.74. The number of aryl methyl sites for hydroxylation is 1. The number of nitrogens with zero attached hydrogens (tertiary/aromatic N) is 5. The summed E-state index contributed by atoms with van der Waals surface area (Å²) in [5.74, 6) is 0.458. The van der Waals surface area contributed by atoms with Crippen molar-refractivity contribution in [3.63, 3.8) is 0 Å². The van der Waals surface area contributed by atoms with E-state index in [2.05, 4.69) is 57.7 Å². The standard InChI is InChI=1S/C23H41N5O4Si/c1-9-10-11-12-27-21(29)17(4)14-28(22(27)30)20-13-18(25-26-24)19(32-20)15-31-33(7,8)23(5,6)16(2)3/h14,16,18-20H,9-13,15H2,1-8H3/t18-,19+,20+/m0/s1. The third-order valence-electron chi connectivity index (χ3n) is 7.67. The van der Waals surface area contributed by atoms with Crippen molar-refractivity contribution in [1.82, 2.24) is 9.13 Å². The van der Waals surface area contributed by atoms with Gasteiger partial charge in [0.1, 0.15) is 6.23 Å². The van der Waals surface area contributed by atoms with Gasteiger partial charge in [0.05, 0.1) is 18.8 Å². The fraction of sp³-hybridized carbons (Fsp3) is 0.826. The zero-order valence-corrected chi connectivity index (χ0v) is 22.5. The largest absolute Gasteiger partial charge is 0.414 e. The lowest BCUT2D eigenvalue weighted by Crippen LogP contribution is -2.47. The zero-order chi connectivity index (χ0) is 25.0. The maximum atomic E-state index is 13.1. The van der Waals surface area contributed by atoms with Crippen LogP contribution >= 0.6 is 0 Å². The first-order valence-corrected chi connectivity index (χ1v) is 14.9. The Bertz CT molecular complexity index is 978. The van der Waals surface area contributed by atoms with Crippen LogP contribution in [0.5, 0.6) is 0 Å². The summed E-state index contributed by atoms with van der Waals surface area (Å²) in [5.41, 5.74) is 8.93. The van der Waals surface area contributed by atoms with Gasteiger partial charge in [-0.1, -0.05) is 52.6 Å². The Morgan fingerprint density at radius 1 is 1.33 bits per heavy atom. The van der Waals surface area contributed by atoms with E-state index in [0.29, 0.717) is 31.1 Å². The van der Waals surface area contributed by atoms with Crippen molar-refractivity contribution in [1.29, 1.82) is 0 Å². The monoisotopic (exact) mass is 479 g/mol. The second-order valence-corrected chi connectivity index (χ2v) is 15.1. The molecule has 0 amide bonds. The van der Waals surface area contributed by atoms with Gasteiger partial charge in [0.25, 0.3) is 5.56 Å². The molecule has 0 unspecified atom stereocenters. The van der Waals surface area contributed by atoms with Gasteiger partial charge < -0.3 is 9.16 Å². The topological polar surface area (TPSA) is 111 Å². The molecule has 10 heteroatoms. The lowest BCUT2D eigenvalue weighted by molar-refractivity contribution is -0.0256. The SMILES string of the molecule is CCCCCn1c(=O)c(C)cn([C@H]2C[C@H](N=[N+]=[N-])[C@@H](CO[Si](C)(C)C(C)(C)C(C)C)O2)c1=O. The van der Waals surface area contributed by atoms with E-state index in [4.69, 9.17) is 14.7 Å². The van der Waals surface area contributed by atoms with Crippen LogP contribution in [0, 0.1) is 12.8 Å². The second-order valence-electron chi connectivity index (χ2n) is 10.5. The molecule has 0 spiro atoms. The quantitative estimate of drug-likeness (QED) is 0.144. The van der Waals surface area contributed by atoms with Gasteiger partial charge in [0, 0.05) is 29.6 Å². The summed E-state index contributed by atoms with van der Waals surface area (Å²) in [7, 11) is -2.10. The maximum absolute atomic E-state index is 13.1. The average Bonchev–Trinajstić information content (AvgIpc) is 3.14. The molecule has 1 aromatic heterocycles. The van der Waals surface area contributed by atoms with Crippen molar-refractivity contribution in [2.24, 2.45) is 11.0 Å². The van der Waals surface area contributed by atoms with Crippen molar-refractivity contribution in [3.8, 4) is 0 Å². The summed E-state index contributed by atoms with van der Waals surface area (Å²) in [6, 6.07) is -0.445. The number of aromatic nitrogens is 2. The van der Waals surface area contributed by atoms with E-state index in [1.54, 1.807) is 13.1 Å². The summed E-state index contributed by atoms with van der Waals surface area (Å²) >= 11 is 0. The van der Waals surface area contributed by atoms with Gasteiger partial charge in [-0.2, -0.15) is 0 Å². The number of hydrogen-bond acceptors (Lipinski definition) is 5. The van der Waals surface area contributed by atoms with Crippen molar-refractivity contribution >= 4 is 8.32 Å². The average molecular weight is 480 g/mol. The Balaban J connectivity index is 2.28. The molecule has 1 aliphatic rings. The number of ether oxygens (including phenoxy) is 1. The normalized spacial score (nSPS) is 21.4. The number of unbranched alkanes of at least 4 members (excludes halogenated alkanes) is 2. The van der Waals surface area contributed by atoms with Crippen LogP contribution in [0.3, 0.4) is 0 Å². The van der Waals surface area contributed by atoms with Crippen LogP contribution in [0.4, 0.5) is 0 Å². The summed E-state index contributed by atoms with van der Waals surface area (Å²) in [4.78, 5) is 28.7. The minimum atomic E-state index is -2.10. The highest BCUT2D eigenvalue weighted by Gasteiger charge is 2.45. The lowest BCUT2D eigenvalue weighted by atomic mass is 9.99. The van der Waals surface area contributed by atoms with E-state index in [0.717, 1.165) is 19.3 Å². The van der Waals surface area contributed by atoms with Gasteiger partial charge in [-0.25, -0.2) is 4.79 Å². The number of rotatable bonds is 11. The van der Waals surface area contributed by atoms with Gasteiger partial charge in [-0.3, -0.25) is 13.9 Å². The molecule has 0 saturated carbocycles. The first-order chi connectivity index (χ1) is 15.4. The molecule has 2 rings (SSSR count). The Hall–Kier alpha value is -1.87. The van der Waals surface area contributed by atoms with E-state index < -0.39 is 26.7 Å². The number of azide groups is 1. The Labute approximate surface area is 197 Å². The smallest absolute Gasteiger partial charge is 0.333 e. The van der Waals surface area contributed by atoms with Crippen LogP contribution in [0.25, 0.3) is 10.4 Å². The summed E-state index contributed by atoms with van der Waals surface area (Å²) in [6.45, 7) is 17.7. The van der Waals surface area contributed by atoms with E-state index >= 15 is 0 Å². The molecule has 0 aliphatic carbocycles. The Kier molecular flexibility index (Phi) is 9.15. The molecule has 9 nitrogen and oxygen atoms in total.